The number of aromatic nitrogens is 1. The monoisotopic (exact) mass is 254 g/mol. The number of aliphatic hydroxyl groups excluding tert-OH is 2. The van der Waals surface area contributed by atoms with Gasteiger partial charge in [-0.25, -0.2) is 0 Å². The topological polar surface area (TPSA) is 123 Å². The molecule has 18 heavy (non-hydrogen) atoms. The van der Waals surface area contributed by atoms with Gasteiger partial charge in [0.15, 0.2) is 18.5 Å². The van der Waals surface area contributed by atoms with E-state index in [0.29, 0.717) is 5.56 Å². The van der Waals surface area contributed by atoms with Gasteiger partial charge in [0.25, 0.3) is 12.1 Å². The molecule has 1 aliphatic heterocycles. The van der Waals surface area contributed by atoms with Gasteiger partial charge in [-0.3, -0.25) is 4.79 Å². The summed E-state index contributed by atoms with van der Waals surface area (Å²) in [6, 6.07) is 3.16. The van der Waals surface area contributed by atoms with E-state index in [1.807, 2.05) is 0 Å². The quantitative estimate of drug-likeness (QED) is 0.450. The second-order valence-corrected chi connectivity index (χ2v) is 4.19. The number of nitrogens with two attached hydrogens (primary N) is 2. The van der Waals surface area contributed by atoms with E-state index in [4.69, 9.17) is 16.2 Å². The van der Waals surface area contributed by atoms with Crippen LogP contribution in [0, 0.1) is 0 Å². The smallest absolute Gasteiger partial charge is 0.292 e. The Morgan fingerprint density at radius 3 is 2.72 bits per heavy atom. The lowest BCUT2D eigenvalue weighted by Gasteiger charge is -2.10. The molecule has 98 valence electrons. The van der Waals surface area contributed by atoms with Crippen LogP contribution in [-0.2, 0) is 4.74 Å². The molecule has 6 N–H and O–H groups in total. The molecule has 0 saturated carbocycles. The van der Waals surface area contributed by atoms with Gasteiger partial charge < -0.3 is 26.4 Å². The molecule has 2 rings (SSSR count). The third-order valence-corrected chi connectivity index (χ3v) is 2.97. The van der Waals surface area contributed by atoms with Crippen molar-refractivity contribution < 1.29 is 24.3 Å². The maximum atomic E-state index is 11.1. The fourth-order valence-electron chi connectivity index (χ4n) is 1.97. The van der Waals surface area contributed by atoms with Crippen molar-refractivity contribution in [2.24, 2.45) is 11.5 Å². The highest BCUT2D eigenvalue weighted by atomic mass is 16.6. The molecular formula is C11H16N3O4+. The number of amides is 1. The number of pyridine rings is 1. The van der Waals surface area contributed by atoms with Crippen molar-refractivity contribution in [3.8, 4) is 0 Å². The number of rotatable bonds is 3. The standard InChI is InChI=1S/C11H15N3O4/c12-4-7-8(15)9(16)11(18-7)14-3-1-2-6(5-14)10(13)17/h1-3,5,7-9,11,15-16H,4,12H2,(H-,13,17)/p+1/t7-,8-,9-,11-/m1/s1. The lowest BCUT2D eigenvalue weighted by atomic mass is 10.1. The van der Waals surface area contributed by atoms with Crippen LogP contribution in [0.3, 0.4) is 0 Å². The van der Waals surface area contributed by atoms with Crippen LogP contribution in [-0.4, -0.2) is 41.0 Å². The van der Waals surface area contributed by atoms with Gasteiger partial charge in [-0.15, -0.1) is 0 Å². The van der Waals surface area contributed by atoms with Crippen LogP contribution in [0.5, 0.6) is 0 Å². The maximum Gasteiger partial charge on any atom is 0.292 e. The van der Waals surface area contributed by atoms with Crippen molar-refractivity contribution in [2.75, 3.05) is 6.54 Å². The molecule has 1 aromatic rings. The van der Waals surface area contributed by atoms with E-state index in [2.05, 4.69) is 0 Å². The molecule has 1 amide bonds. The van der Waals surface area contributed by atoms with Crippen molar-refractivity contribution in [2.45, 2.75) is 24.5 Å². The van der Waals surface area contributed by atoms with E-state index in [0.717, 1.165) is 0 Å². The lowest BCUT2D eigenvalue weighted by Crippen LogP contribution is -2.46. The average molecular weight is 254 g/mol. The fraction of sp³-hybridized carbons (Fsp3) is 0.455. The zero-order valence-corrected chi connectivity index (χ0v) is 9.64. The minimum Gasteiger partial charge on any atom is -0.387 e. The first-order valence-corrected chi connectivity index (χ1v) is 5.57. The highest BCUT2D eigenvalue weighted by Crippen LogP contribution is 2.24. The normalized spacial score (nSPS) is 31.5. The Labute approximate surface area is 104 Å². The molecule has 0 unspecified atom stereocenters. The van der Waals surface area contributed by atoms with Crippen LogP contribution in [0.4, 0.5) is 0 Å². The first-order valence-electron chi connectivity index (χ1n) is 5.57. The first-order chi connectivity index (χ1) is 8.54. The summed E-state index contributed by atoms with van der Waals surface area (Å²) >= 11 is 0. The van der Waals surface area contributed by atoms with Gasteiger partial charge in [0.1, 0.15) is 17.8 Å². The molecule has 0 aromatic carbocycles. The fourth-order valence-corrected chi connectivity index (χ4v) is 1.97. The van der Waals surface area contributed by atoms with Crippen LogP contribution in [0.2, 0.25) is 0 Å². The van der Waals surface area contributed by atoms with Gasteiger partial charge in [0.2, 0.25) is 0 Å². The van der Waals surface area contributed by atoms with Crippen molar-refractivity contribution in [1.82, 2.24) is 0 Å². The third-order valence-electron chi connectivity index (χ3n) is 2.97. The van der Waals surface area contributed by atoms with Gasteiger partial charge in [0, 0.05) is 12.6 Å². The number of ether oxygens (including phenoxy) is 1. The summed E-state index contributed by atoms with van der Waals surface area (Å²) in [7, 11) is 0. The molecule has 0 spiro atoms. The molecule has 1 aromatic heterocycles. The largest absolute Gasteiger partial charge is 0.387 e. The highest BCUT2D eigenvalue weighted by molar-refractivity contribution is 5.92. The Morgan fingerprint density at radius 2 is 2.17 bits per heavy atom. The van der Waals surface area contributed by atoms with Crippen molar-refractivity contribution in [3.63, 3.8) is 0 Å². The van der Waals surface area contributed by atoms with Crippen molar-refractivity contribution in [3.05, 3.63) is 30.1 Å². The molecular weight excluding hydrogens is 238 g/mol. The number of hydrogen-bond donors (Lipinski definition) is 4. The Balaban J connectivity index is 2.27. The van der Waals surface area contributed by atoms with Crippen LogP contribution >= 0.6 is 0 Å². The molecule has 1 fully saturated rings. The molecule has 0 bridgehead atoms. The summed E-state index contributed by atoms with van der Waals surface area (Å²) in [6.07, 6.45) is -0.493. The van der Waals surface area contributed by atoms with Gasteiger partial charge >= 0.3 is 0 Å². The summed E-state index contributed by atoms with van der Waals surface area (Å²) < 4.78 is 6.93. The number of aliphatic hydroxyl groups is 2. The van der Waals surface area contributed by atoms with E-state index in [1.165, 1.54) is 10.8 Å². The van der Waals surface area contributed by atoms with Gasteiger partial charge in [0.05, 0.1) is 0 Å². The average Bonchev–Trinajstić information content (AvgIpc) is 2.66. The predicted octanol–water partition coefficient (Wildman–Crippen LogP) is -2.35. The van der Waals surface area contributed by atoms with E-state index < -0.39 is 30.4 Å². The lowest BCUT2D eigenvalue weighted by molar-refractivity contribution is -0.765. The van der Waals surface area contributed by atoms with E-state index in [1.54, 1.807) is 18.3 Å². The number of nitrogens with zero attached hydrogens (tertiary/aromatic N) is 1. The SMILES string of the molecule is NC[C@H]1O[C@@H]([n+]2cccc(C(N)=O)c2)[C@H](O)[C@@H]1O. The Morgan fingerprint density at radius 1 is 1.44 bits per heavy atom. The minimum atomic E-state index is -1.10. The van der Waals surface area contributed by atoms with Gasteiger partial charge in [-0.1, -0.05) is 0 Å². The highest BCUT2D eigenvalue weighted by Gasteiger charge is 2.47. The molecule has 2 heterocycles. The van der Waals surface area contributed by atoms with Crippen molar-refractivity contribution >= 4 is 5.91 Å². The zero-order chi connectivity index (χ0) is 13.3. The molecule has 0 radical (unpaired) electrons. The third kappa shape index (κ3) is 2.21. The Kier molecular flexibility index (Phi) is 3.58. The summed E-state index contributed by atoms with van der Waals surface area (Å²) in [5.74, 6) is -0.576. The summed E-state index contributed by atoms with van der Waals surface area (Å²) in [5.41, 5.74) is 10.9. The van der Waals surface area contributed by atoms with Crippen LogP contribution in [0.1, 0.15) is 16.6 Å². The Hall–Kier alpha value is -1.54. The van der Waals surface area contributed by atoms with Gasteiger partial charge in [-0.2, -0.15) is 4.57 Å². The molecule has 4 atom stereocenters. The predicted molar refractivity (Wildman–Crippen MR) is 60.1 cm³/mol. The number of carbonyl (C=O) groups is 1. The van der Waals surface area contributed by atoms with E-state index >= 15 is 0 Å². The maximum absolute atomic E-state index is 11.1. The van der Waals surface area contributed by atoms with Gasteiger partial charge in [-0.05, 0) is 6.07 Å². The molecule has 7 nitrogen and oxygen atoms in total. The molecule has 1 aliphatic rings. The second kappa shape index (κ2) is 4.99. The van der Waals surface area contributed by atoms with Crippen LogP contribution < -0.4 is 16.0 Å². The molecule has 1 saturated heterocycles. The van der Waals surface area contributed by atoms with Crippen LogP contribution in [0.15, 0.2) is 24.5 Å². The summed E-state index contributed by atoms with van der Waals surface area (Å²) in [4.78, 5) is 11.1. The summed E-state index contributed by atoms with van der Waals surface area (Å²) in [5, 5.41) is 19.6. The summed E-state index contributed by atoms with van der Waals surface area (Å²) in [6.45, 7) is 0.102. The number of primary amides is 1. The van der Waals surface area contributed by atoms with Crippen LogP contribution in [0.25, 0.3) is 0 Å². The van der Waals surface area contributed by atoms with E-state index in [9.17, 15) is 15.0 Å². The molecule has 0 aliphatic carbocycles. The Bertz CT molecular complexity index is 454. The first kappa shape index (κ1) is 12.9. The van der Waals surface area contributed by atoms with E-state index in [-0.39, 0.29) is 6.54 Å². The minimum absolute atomic E-state index is 0.102. The number of hydrogen-bond acceptors (Lipinski definition) is 5. The second-order valence-electron chi connectivity index (χ2n) is 4.19. The number of carbonyl (C=O) groups excluding carboxylic acids is 1. The van der Waals surface area contributed by atoms with Crippen molar-refractivity contribution in [1.29, 1.82) is 0 Å². The zero-order valence-electron chi connectivity index (χ0n) is 9.64. The molecule has 7 heteroatoms.